The van der Waals surface area contributed by atoms with E-state index in [2.05, 4.69) is 5.16 Å². The van der Waals surface area contributed by atoms with Crippen molar-refractivity contribution in [1.29, 1.82) is 0 Å². The van der Waals surface area contributed by atoms with Gasteiger partial charge in [-0.1, -0.05) is 56.3 Å². The monoisotopic (exact) mass is 177 g/mol. The zero-order valence-electron chi connectivity index (χ0n) is 8.28. The van der Waals surface area contributed by atoms with E-state index < -0.39 is 0 Å². The molecule has 0 fully saturated rings. The fraction of sp³-hybridized carbons (Fsp3) is 0.364. The van der Waals surface area contributed by atoms with Gasteiger partial charge in [0.05, 0.1) is 5.71 Å². The molecule has 1 aromatic rings. The fourth-order valence-corrected chi connectivity index (χ4v) is 1.24. The van der Waals surface area contributed by atoms with Crippen LogP contribution in [0.1, 0.15) is 26.3 Å². The minimum absolute atomic E-state index is 0.129. The molecule has 0 atom stereocenters. The molecule has 0 heterocycles. The molecule has 1 rings (SSSR count). The van der Waals surface area contributed by atoms with Crippen molar-refractivity contribution in [1.82, 2.24) is 0 Å². The Morgan fingerprint density at radius 3 is 2.08 bits per heavy atom. The van der Waals surface area contributed by atoms with Gasteiger partial charge in [0.25, 0.3) is 0 Å². The van der Waals surface area contributed by atoms with Crippen LogP contribution < -0.4 is 0 Å². The highest BCUT2D eigenvalue weighted by Crippen LogP contribution is 2.21. The molecule has 0 aliphatic rings. The molecular weight excluding hydrogens is 162 g/mol. The zero-order chi connectivity index (χ0) is 9.90. The van der Waals surface area contributed by atoms with Gasteiger partial charge in [-0.15, -0.1) is 0 Å². The lowest BCUT2D eigenvalue weighted by Crippen LogP contribution is -2.21. The summed E-state index contributed by atoms with van der Waals surface area (Å²) in [5.41, 5.74) is 1.56. The molecular formula is C11H15NO. The number of hydrogen-bond donors (Lipinski definition) is 1. The molecule has 70 valence electrons. The van der Waals surface area contributed by atoms with Crippen molar-refractivity contribution in [2.45, 2.75) is 20.8 Å². The largest absolute Gasteiger partial charge is 0.411 e. The molecule has 0 aliphatic heterocycles. The van der Waals surface area contributed by atoms with Gasteiger partial charge in [-0.25, -0.2) is 0 Å². The van der Waals surface area contributed by atoms with Gasteiger partial charge < -0.3 is 5.21 Å². The van der Waals surface area contributed by atoms with Crippen molar-refractivity contribution in [2.24, 2.45) is 10.6 Å². The summed E-state index contributed by atoms with van der Waals surface area (Å²) in [4.78, 5) is 0. The molecule has 0 unspecified atom stereocenters. The molecule has 0 bridgehead atoms. The summed E-state index contributed by atoms with van der Waals surface area (Å²) in [5.74, 6) is 0. The molecule has 13 heavy (non-hydrogen) atoms. The first-order valence-electron chi connectivity index (χ1n) is 4.33. The zero-order valence-corrected chi connectivity index (χ0v) is 8.28. The predicted octanol–water partition coefficient (Wildman–Crippen LogP) is 2.91. The summed E-state index contributed by atoms with van der Waals surface area (Å²) >= 11 is 0. The molecule has 0 aromatic heterocycles. The topological polar surface area (TPSA) is 32.6 Å². The van der Waals surface area contributed by atoms with Crippen molar-refractivity contribution in [2.75, 3.05) is 0 Å². The highest BCUT2D eigenvalue weighted by atomic mass is 16.4. The molecule has 1 aromatic carbocycles. The van der Waals surface area contributed by atoms with Gasteiger partial charge in [-0.3, -0.25) is 0 Å². The van der Waals surface area contributed by atoms with Crippen molar-refractivity contribution in [3.63, 3.8) is 0 Å². The molecule has 0 saturated carbocycles. The Morgan fingerprint density at radius 1 is 1.15 bits per heavy atom. The number of rotatable bonds is 1. The van der Waals surface area contributed by atoms with Gasteiger partial charge in [-0.2, -0.15) is 0 Å². The second-order valence-electron chi connectivity index (χ2n) is 4.06. The van der Waals surface area contributed by atoms with Crippen LogP contribution >= 0.6 is 0 Å². The number of benzene rings is 1. The number of oxime groups is 1. The van der Waals surface area contributed by atoms with Crippen LogP contribution in [0.4, 0.5) is 0 Å². The van der Waals surface area contributed by atoms with Crippen molar-refractivity contribution < 1.29 is 5.21 Å². The highest BCUT2D eigenvalue weighted by Gasteiger charge is 2.20. The third kappa shape index (κ3) is 2.31. The van der Waals surface area contributed by atoms with Gasteiger partial charge in [-0.05, 0) is 5.56 Å². The van der Waals surface area contributed by atoms with Gasteiger partial charge in [0.15, 0.2) is 0 Å². The Hall–Kier alpha value is -1.31. The average Bonchev–Trinajstić information content (AvgIpc) is 2.05. The number of hydrogen-bond acceptors (Lipinski definition) is 2. The maximum atomic E-state index is 8.90. The maximum absolute atomic E-state index is 8.90. The van der Waals surface area contributed by atoms with Gasteiger partial charge in [0.2, 0.25) is 0 Å². The Kier molecular flexibility index (Phi) is 2.71. The van der Waals surface area contributed by atoms with Gasteiger partial charge >= 0.3 is 0 Å². The van der Waals surface area contributed by atoms with Gasteiger partial charge in [0, 0.05) is 5.41 Å². The summed E-state index contributed by atoms with van der Waals surface area (Å²) in [7, 11) is 0. The lowest BCUT2D eigenvalue weighted by Gasteiger charge is -2.19. The number of nitrogens with zero attached hydrogens (tertiary/aromatic N) is 1. The quantitative estimate of drug-likeness (QED) is 0.399. The molecule has 0 radical (unpaired) electrons. The molecule has 0 amide bonds. The first-order chi connectivity index (χ1) is 6.05. The average molecular weight is 177 g/mol. The summed E-state index contributed by atoms with van der Waals surface area (Å²) in [6.07, 6.45) is 0. The Labute approximate surface area is 78.9 Å². The second-order valence-corrected chi connectivity index (χ2v) is 4.06. The van der Waals surface area contributed by atoms with Crippen molar-refractivity contribution in [3.8, 4) is 0 Å². The van der Waals surface area contributed by atoms with Crippen LogP contribution in [0.3, 0.4) is 0 Å². The molecule has 2 heteroatoms. The summed E-state index contributed by atoms with van der Waals surface area (Å²) in [6.45, 7) is 6.07. The minimum Gasteiger partial charge on any atom is -0.411 e. The standard InChI is InChI=1S/C11H15NO/c1-11(2,3)10(12-13)9-7-5-4-6-8-9/h4-8,13H,1-3H3. The van der Waals surface area contributed by atoms with E-state index >= 15 is 0 Å². The smallest absolute Gasteiger partial charge is 0.0921 e. The van der Waals surface area contributed by atoms with E-state index in [0.717, 1.165) is 5.56 Å². The lowest BCUT2D eigenvalue weighted by atomic mass is 9.86. The van der Waals surface area contributed by atoms with E-state index in [9.17, 15) is 0 Å². The summed E-state index contributed by atoms with van der Waals surface area (Å²) in [6, 6.07) is 9.71. The van der Waals surface area contributed by atoms with Crippen LogP contribution in [0.15, 0.2) is 35.5 Å². The van der Waals surface area contributed by atoms with Crippen LogP contribution in [-0.2, 0) is 0 Å². The lowest BCUT2D eigenvalue weighted by molar-refractivity contribution is 0.311. The van der Waals surface area contributed by atoms with E-state index in [1.54, 1.807) is 0 Å². The van der Waals surface area contributed by atoms with Crippen LogP contribution in [0.5, 0.6) is 0 Å². The van der Waals surface area contributed by atoms with E-state index in [0.29, 0.717) is 5.71 Å². The van der Waals surface area contributed by atoms with Crippen LogP contribution in [0, 0.1) is 5.41 Å². The Bertz CT molecular complexity index is 296. The second kappa shape index (κ2) is 3.60. The van der Waals surface area contributed by atoms with Crippen molar-refractivity contribution >= 4 is 5.71 Å². The van der Waals surface area contributed by atoms with Gasteiger partial charge in [0.1, 0.15) is 0 Å². The highest BCUT2D eigenvalue weighted by molar-refractivity contribution is 6.03. The third-order valence-corrected chi connectivity index (χ3v) is 1.86. The first-order valence-corrected chi connectivity index (χ1v) is 4.33. The molecule has 1 N–H and O–H groups in total. The van der Waals surface area contributed by atoms with E-state index in [4.69, 9.17) is 5.21 Å². The third-order valence-electron chi connectivity index (χ3n) is 1.86. The SMILES string of the molecule is CC(C)(C)C(=NO)c1ccccc1. The Morgan fingerprint density at radius 2 is 1.69 bits per heavy atom. The fourth-order valence-electron chi connectivity index (χ4n) is 1.24. The summed E-state index contributed by atoms with van der Waals surface area (Å²) in [5, 5.41) is 12.2. The van der Waals surface area contributed by atoms with E-state index in [-0.39, 0.29) is 5.41 Å². The van der Waals surface area contributed by atoms with E-state index in [1.165, 1.54) is 0 Å². The normalized spacial score (nSPS) is 13.0. The Balaban J connectivity index is 3.08. The molecule has 2 nitrogen and oxygen atoms in total. The summed E-state index contributed by atoms with van der Waals surface area (Å²) < 4.78 is 0. The van der Waals surface area contributed by atoms with Crippen LogP contribution in [0.25, 0.3) is 0 Å². The molecule has 0 saturated heterocycles. The van der Waals surface area contributed by atoms with Crippen LogP contribution in [-0.4, -0.2) is 10.9 Å². The maximum Gasteiger partial charge on any atom is 0.0921 e. The van der Waals surface area contributed by atoms with E-state index in [1.807, 2.05) is 51.1 Å². The predicted molar refractivity (Wildman–Crippen MR) is 54.2 cm³/mol. The first kappa shape index (κ1) is 9.78. The minimum atomic E-state index is -0.129. The molecule has 0 spiro atoms. The van der Waals surface area contributed by atoms with Crippen LogP contribution in [0.2, 0.25) is 0 Å². The van der Waals surface area contributed by atoms with Crippen molar-refractivity contribution in [3.05, 3.63) is 35.9 Å². The molecule has 0 aliphatic carbocycles.